The fourth-order valence-corrected chi connectivity index (χ4v) is 4.07. The van der Waals surface area contributed by atoms with Crippen LogP contribution in [0.2, 0.25) is 0 Å². The standard InChI is InChI=1S/C19H29N3O3/c1-13-12-14(2)25-18(13)19(24)20-16-4-8-22(9-5-16)17-6-10-21(11-7-17)15(3)23/h12,16-17H,4-11H2,1-3H3,(H,20,24). The number of nitrogens with one attached hydrogen (secondary N) is 1. The minimum absolute atomic E-state index is 0.0983. The lowest BCUT2D eigenvalue weighted by atomic mass is 9.97. The summed E-state index contributed by atoms with van der Waals surface area (Å²) in [4.78, 5) is 28.3. The van der Waals surface area contributed by atoms with Crippen molar-refractivity contribution in [2.75, 3.05) is 26.2 Å². The Labute approximate surface area is 149 Å². The molecule has 0 spiro atoms. The van der Waals surface area contributed by atoms with Crippen LogP contribution in [0.1, 0.15) is 54.5 Å². The van der Waals surface area contributed by atoms with Gasteiger partial charge in [-0.25, -0.2) is 0 Å². The van der Waals surface area contributed by atoms with Gasteiger partial charge in [-0.3, -0.25) is 9.59 Å². The first-order chi connectivity index (χ1) is 11.9. The van der Waals surface area contributed by atoms with Crippen LogP contribution in [0.5, 0.6) is 0 Å². The van der Waals surface area contributed by atoms with Crippen LogP contribution in [0.15, 0.2) is 10.5 Å². The van der Waals surface area contributed by atoms with Gasteiger partial charge in [-0.05, 0) is 45.6 Å². The number of rotatable bonds is 3. The number of hydrogen-bond acceptors (Lipinski definition) is 4. The molecule has 25 heavy (non-hydrogen) atoms. The molecule has 6 nitrogen and oxygen atoms in total. The molecule has 2 amide bonds. The van der Waals surface area contributed by atoms with Crippen molar-refractivity contribution in [3.63, 3.8) is 0 Å². The highest BCUT2D eigenvalue weighted by Gasteiger charge is 2.29. The zero-order chi connectivity index (χ0) is 18.0. The average molecular weight is 347 g/mol. The molecule has 2 fully saturated rings. The predicted molar refractivity (Wildman–Crippen MR) is 95.5 cm³/mol. The van der Waals surface area contributed by atoms with E-state index in [4.69, 9.17) is 4.42 Å². The summed E-state index contributed by atoms with van der Waals surface area (Å²) in [5, 5.41) is 3.12. The molecule has 0 aliphatic carbocycles. The van der Waals surface area contributed by atoms with Gasteiger partial charge in [-0.1, -0.05) is 0 Å². The Hall–Kier alpha value is -1.82. The number of likely N-dealkylation sites (tertiary alicyclic amines) is 2. The zero-order valence-electron chi connectivity index (χ0n) is 15.5. The van der Waals surface area contributed by atoms with E-state index in [-0.39, 0.29) is 17.9 Å². The van der Waals surface area contributed by atoms with Crippen molar-refractivity contribution in [3.8, 4) is 0 Å². The molecule has 1 aromatic heterocycles. The second-order valence-electron chi connectivity index (χ2n) is 7.39. The molecule has 0 radical (unpaired) electrons. The number of hydrogen-bond donors (Lipinski definition) is 1. The zero-order valence-corrected chi connectivity index (χ0v) is 15.5. The highest BCUT2D eigenvalue weighted by atomic mass is 16.3. The highest BCUT2D eigenvalue weighted by Crippen LogP contribution is 2.22. The van der Waals surface area contributed by atoms with Crippen LogP contribution in [0.25, 0.3) is 0 Å². The van der Waals surface area contributed by atoms with Crippen molar-refractivity contribution in [1.82, 2.24) is 15.1 Å². The van der Waals surface area contributed by atoms with E-state index in [1.54, 1.807) is 6.92 Å². The Morgan fingerprint density at radius 1 is 1.08 bits per heavy atom. The second kappa shape index (κ2) is 7.60. The van der Waals surface area contributed by atoms with Gasteiger partial charge >= 0.3 is 0 Å². The molecule has 1 N–H and O–H groups in total. The molecular formula is C19H29N3O3. The van der Waals surface area contributed by atoms with E-state index < -0.39 is 0 Å². The predicted octanol–water partition coefficient (Wildman–Crippen LogP) is 2.10. The summed E-state index contributed by atoms with van der Waals surface area (Å²) in [5.41, 5.74) is 0.893. The van der Waals surface area contributed by atoms with Gasteiger partial charge in [0.05, 0.1) is 0 Å². The molecule has 1 aromatic rings. The monoisotopic (exact) mass is 347 g/mol. The molecule has 6 heteroatoms. The first-order valence-corrected chi connectivity index (χ1v) is 9.31. The molecule has 2 aliphatic rings. The normalized spacial score (nSPS) is 20.7. The number of furan rings is 1. The molecule has 2 saturated heterocycles. The third kappa shape index (κ3) is 4.24. The quantitative estimate of drug-likeness (QED) is 0.909. The van der Waals surface area contributed by atoms with Gasteiger partial charge in [0.1, 0.15) is 5.76 Å². The third-order valence-corrected chi connectivity index (χ3v) is 5.54. The van der Waals surface area contributed by atoms with E-state index in [1.165, 1.54) is 0 Å². The van der Waals surface area contributed by atoms with Crippen LogP contribution in [-0.2, 0) is 4.79 Å². The largest absolute Gasteiger partial charge is 0.456 e. The number of carbonyl (C=O) groups is 2. The van der Waals surface area contributed by atoms with Crippen LogP contribution < -0.4 is 5.32 Å². The van der Waals surface area contributed by atoms with Crippen molar-refractivity contribution >= 4 is 11.8 Å². The van der Waals surface area contributed by atoms with Gasteiger partial charge in [0.15, 0.2) is 5.76 Å². The number of carbonyl (C=O) groups excluding carboxylic acids is 2. The summed E-state index contributed by atoms with van der Waals surface area (Å²) in [6.45, 7) is 9.16. The number of nitrogens with zero attached hydrogens (tertiary/aromatic N) is 2. The minimum atomic E-state index is -0.0983. The molecule has 3 rings (SSSR count). The maximum Gasteiger partial charge on any atom is 0.287 e. The van der Waals surface area contributed by atoms with Crippen LogP contribution in [0.3, 0.4) is 0 Å². The molecule has 138 valence electrons. The lowest BCUT2D eigenvalue weighted by molar-refractivity contribution is -0.130. The van der Waals surface area contributed by atoms with Crippen LogP contribution in [0.4, 0.5) is 0 Å². The molecular weight excluding hydrogens is 318 g/mol. The number of piperidine rings is 2. The molecule has 3 heterocycles. The summed E-state index contributed by atoms with van der Waals surface area (Å²) in [7, 11) is 0. The lowest BCUT2D eigenvalue weighted by Gasteiger charge is -2.41. The number of aryl methyl sites for hydroxylation is 2. The van der Waals surface area contributed by atoms with Gasteiger partial charge in [-0.2, -0.15) is 0 Å². The smallest absolute Gasteiger partial charge is 0.287 e. The van der Waals surface area contributed by atoms with Crippen molar-refractivity contribution < 1.29 is 14.0 Å². The maximum atomic E-state index is 12.4. The van der Waals surface area contributed by atoms with Crippen molar-refractivity contribution in [2.45, 2.75) is 58.5 Å². The SMILES string of the molecule is CC(=O)N1CCC(N2CCC(NC(=O)c3oc(C)cc3C)CC2)CC1. The molecule has 2 aliphatic heterocycles. The summed E-state index contributed by atoms with van der Waals surface area (Å²) in [6, 6.07) is 2.68. The fourth-order valence-electron chi connectivity index (χ4n) is 4.07. The van der Waals surface area contributed by atoms with Crippen LogP contribution in [0, 0.1) is 13.8 Å². The number of amides is 2. The van der Waals surface area contributed by atoms with Crippen molar-refractivity contribution in [3.05, 3.63) is 23.2 Å². The Morgan fingerprint density at radius 2 is 1.72 bits per heavy atom. The topological polar surface area (TPSA) is 65.8 Å². The second-order valence-corrected chi connectivity index (χ2v) is 7.39. The van der Waals surface area contributed by atoms with Gasteiger partial charge in [0.2, 0.25) is 5.91 Å². The van der Waals surface area contributed by atoms with Gasteiger partial charge < -0.3 is 19.5 Å². The Bertz CT molecular complexity index is 624. The van der Waals surface area contributed by atoms with Crippen molar-refractivity contribution in [2.24, 2.45) is 0 Å². The molecule has 0 saturated carbocycles. The van der Waals surface area contributed by atoms with E-state index >= 15 is 0 Å². The fraction of sp³-hybridized carbons (Fsp3) is 0.684. The van der Waals surface area contributed by atoms with E-state index in [1.807, 2.05) is 24.8 Å². The van der Waals surface area contributed by atoms with Gasteiger partial charge in [0, 0.05) is 50.7 Å². The molecule has 0 atom stereocenters. The van der Waals surface area contributed by atoms with Crippen molar-refractivity contribution in [1.29, 1.82) is 0 Å². The minimum Gasteiger partial charge on any atom is -0.456 e. The first-order valence-electron chi connectivity index (χ1n) is 9.31. The Kier molecular flexibility index (Phi) is 5.47. The first kappa shape index (κ1) is 18.0. The van der Waals surface area contributed by atoms with Gasteiger partial charge in [0.25, 0.3) is 5.91 Å². The molecule has 0 unspecified atom stereocenters. The average Bonchev–Trinajstić information content (AvgIpc) is 2.94. The van der Waals surface area contributed by atoms with Gasteiger partial charge in [-0.15, -0.1) is 0 Å². The molecule has 0 bridgehead atoms. The van der Waals surface area contributed by atoms with E-state index in [0.29, 0.717) is 11.8 Å². The summed E-state index contributed by atoms with van der Waals surface area (Å²) in [5.74, 6) is 1.30. The Morgan fingerprint density at radius 3 is 2.24 bits per heavy atom. The Balaban J connectivity index is 1.45. The van der Waals surface area contributed by atoms with Crippen LogP contribution in [-0.4, -0.2) is 59.9 Å². The summed E-state index contributed by atoms with van der Waals surface area (Å²) >= 11 is 0. The van der Waals surface area contributed by atoms with E-state index in [2.05, 4.69) is 10.2 Å². The highest BCUT2D eigenvalue weighted by molar-refractivity contribution is 5.93. The van der Waals surface area contributed by atoms with E-state index in [9.17, 15) is 9.59 Å². The van der Waals surface area contributed by atoms with Crippen LogP contribution >= 0.6 is 0 Å². The van der Waals surface area contributed by atoms with E-state index in [0.717, 1.165) is 63.2 Å². The molecule has 0 aromatic carbocycles. The third-order valence-electron chi connectivity index (χ3n) is 5.54. The lowest BCUT2D eigenvalue weighted by Crippen LogP contribution is -2.51. The summed E-state index contributed by atoms with van der Waals surface area (Å²) in [6.07, 6.45) is 4.05. The summed E-state index contributed by atoms with van der Waals surface area (Å²) < 4.78 is 5.51. The maximum absolute atomic E-state index is 12.4.